The molecule has 2 fully saturated rings. The first-order chi connectivity index (χ1) is 10.9. The van der Waals surface area contributed by atoms with Gasteiger partial charge in [-0.05, 0) is 12.1 Å². The van der Waals surface area contributed by atoms with Crippen molar-refractivity contribution in [1.29, 1.82) is 0 Å². The van der Waals surface area contributed by atoms with Crippen molar-refractivity contribution >= 4 is 35.1 Å². The van der Waals surface area contributed by atoms with E-state index < -0.39 is 11.4 Å². The molecule has 2 heterocycles. The van der Waals surface area contributed by atoms with E-state index in [0.29, 0.717) is 18.2 Å². The summed E-state index contributed by atoms with van der Waals surface area (Å²) in [4.78, 5) is 26.0. The van der Waals surface area contributed by atoms with Crippen LogP contribution >= 0.6 is 23.2 Å². The van der Waals surface area contributed by atoms with Gasteiger partial charge in [0.25, 0.3) is 5.91 Å². The zero-order valence-electron chi connectivity index (χ0n) is 12.3. The highest BCUT2D eigenvalue weighted by atomic mass is 35.5. The van der Waals surface area contributed by atoms with Gasteiger partial charge in [-0.25, -0.2) is 0 Å². The Morgan fingerprint density at radius 1 is 1.43 bits per heavy atom. The lowest BCUT2D eigenvalue weighted by atomic mass is 9.81. The topological polar surface area (TPSA) is 76.1 Å². The van der Waals surface area contributed by atoms with Gasteiger partial charge in [-0.1, -0.05) is 23.2 Å². The van der Waals surface area contributed by atoms with Crippen LogP contribution < -0.4 is 4.74 Å². The zero-order valence-corrected chi connectivity index (χ0v) is 13.9. The summed E-state index contributed by atoms with van der Waals surface area (Å²) < 4.78 is 10.5. The van der Waals surface area contributed by atoms with Crippen molar-refractivity contribution in [3.63, 3.8) is 0 Å². The van der Waals surface area contributed by atoms with Gasteiger partial charge in [-0.2, -0.15) is 0 Å². The van der Waals surface area contributed by atoms with Crippen molar-refractivity contribution in [2.24, 2.45) is 11.3 Å². The van der Waals surface area contributed by atoms with E-state index in [1.54, 1.807) is 0 Å². The molecule has 2 aliphatic heterocycles. The Hall–Kier alpha value is -1.50. The molecular weight excluding hydrogens is 345 g/mol. The molecule has 1 amide bonds. The molecular formula is C15H15Cl2NO5. The van der Waals surface area contributed by atoms with Crippen molar-refractivity contribution in [1.82, 2.24) is 4.90 Å². The van der Waals surface area contributed by atoms with E-state index in [0.717, 1.165) is 0 Å². The molecule has 0 spiro atoms. The van der Waals surface area contributed by atoms with Crippen molar-refractivity contribution in [3.8, 4) is 5.75 Å². The average molecular weight is 360 g/mol. The van der Waals surface area contributed by atoms with E-state index in [9.17, 15) is 14.7 Å². The number of rotatable bonds is 3. The number of carbonyl (C=O) groups excluding carboxylic acids is 1. The highest BCUT2D eigenvalue weighted by molar-refractivity contribution is 6.36. The molecule has 23 heavy (non-hydrogen) atoms. The van der Waals surface area contributed by atoms with Crippen LogP contribution in [0.5, 0.6) is 5.75 Å². The quantitative estimate of drug-likeness (QED) is 0.894. The van der Waals surface area contributed by atoms with Crippen molar-refractivity contribution in [2.75, 3.05) is 33.4 Å². The lowest BCUT2D eigenvalue weighted by Crippen LogP contribution is -2.40. The van der Waals surface area contributed by atoms with Crippen LogP contribution in [-0.2, 0) is 9.53 Å². The fourth-order valence-corrected chi connectivity index (χ4v) is 3.86. The molecule has 0 bridgehead atoms. The Morgan fingerprint density at radius 2 is 2.17 bits per heavy atom. The van der Waals surface area contributed by atoms with E-state index in [1.807, 2.05) is 0 Å². The second-order valence-corrected chi connectivity index (χ2v) is 6.67. The van der Waals surface area contributed by atoms with E-state index >= 15 is 0 Å². The highest BCUT2D eigenvalue weighted by Crippen LogP contribution is 2.43. The fraction of sp³-hybridized carbons (Fsp3) is 0.467. The minimum atomic E-state index is -1.04. The number of carboxylic acids is 1. The van der Waals surface area contributed by atoms with Gasteiger partial charge < -0.3 is 19.5 Å². The number of hydrogen-bond acceptors (Lipinski definition) is 4. The van der Waals surface area contributed by atoms with Gasteiger partial charge in [0, 0.05) is 24.0 Å². The second-order valence-electron chi connectivity index (χ2n) is 5.83. The average Bonchev–Trinajstić information content (AvgIpc) is 3.03. The summed E-state index contributed by atoms with van der Waals surface area (Å²) in [6.07, 6.45) is 0. The van der Waals surface area contributed by atoms with E-state index in [1.165, 1.54) is 24.1 Å². The maximum atomic E-state index is 12.8. The molecule has 124 valence electrons. The zero-order chi connectivity index (χ0) is 16.8. The number of amides is 1. The number of carbonyl (C=O) groups is 2. The number of carboxylic acid groups (broad SMARTS) is 1. The molecule has 0 saturated carbocycles. The summed E-state index contributed by atoms with van der Waals surface area (Å²) in [6.45, 7) is 0.866. The van der Waals surface area contributed by atoms with E-state index in [4.69, 9.17) is 32.7 Å². The second kappa shape index (κ2) is 5.85. The van der Waals surface area contributed by atoms with Crippen molar-refractivity contribution < 1.29 is 24.2 Å². The molecule has 6 nitrogen and oxygen atoms in total. The summed E-state index contributed by atoms with van der Waals surface area (Å²) >= 11 is 12.0. The first kappa shape index (κ1) is 16.4. The van der Waals surface area contributed by atoms with Gasteiger partial charge in [0.2, 0.25) is 0 Å². The summed E-state index contributed by atoms with van der Waals surface area (Å²) in [5.74, 6) is -1.27. The third-order valence-electron chi connectivity index (χ3n) is 4.53. The predicted molar refractivity (Wildman–Crippen MR) is 83.3 cm³/mol. The number of benzene rings is 1. The Labute approximate surface area is 142 Å². The number of aliphatic carboxylic acids is 1. The standard InChI is InChI=1S/C15H15Cl2NO5/c1-22-12-10(2-9(16)3-11(12)17)13(19)18-4-8-5-23-7-15(8,6-18)14(20)21/h2-3,8H,4-7H2,1H3,(H,20,21)/t8-,15-/m1/s1. The number of nitrogens with zero attached hydrogens (tertiary/aromatic N) is 1. The lowest BCUT2D eigenvalue weighted by molar-refractivity contribution is -0.149. The van der Waals surface area contributed by atoms with Crippen molar-refractivity contribution in [3.05, 3.63) is 27.7 Å². The van der Waals surface area contributed by atoms with E-state index in [-0.39, 0.29) is 41.3 Å². The molecule has 1 aromatic carbocycles. The molecule has 0 aliphatic carbocycles. The molecule has 8 heteroatoms. The van der Waals surface area contributed by atoms with Gasteiger partial charge in [0.05, 0.1) is 30.9 Å². The summed E-state index contributed by atoms with van der Waals surface area (Å²) in [7, 11) is 1.41. The van der Waals surface area contributed by atoms with Crippen LogP contribution in [0.15, 0.2) is 12.1 Å². The molecule has 0 radical (unpaired) electrons. The number of halogens is 2. The van der Waals surface area contributed by atoms with Gasteiger partial charge in [-0.3, -0.25) is 9.59 Å². The number of hydrogen-bond donors (Lipinski definition) is 1. The van der Waals surface area contributed by atoms with Gasteiger partial charge >= 0.3 is 5.97 Å². The minimum Gasteiger partial charge on any atom is -0.494 e. The molecule has 0 unspecified atom stereocenters. The largest absolute Gasteiger partial charge is 0.494 e. The number of fused-ring (bicyclic) bond motifs is 1. The minimum absolute atomic E-state index is 0.0963. The maximum absolute atomic E-state index is 12.8. The van der Waals surface area contributed by atoms with Gasteiger partial charge in [0.1, 0.15) is 11.2 Å². The molecule has 0 aromatic heterocycles. The fourth-order valence-electron chi connectivity index (χ4n) is 3.29. The lowest BCUT2D eigenvalue weighted by Gasteiger charge is -2.22. The Kier molecular flexibility index (Phi) is 4.16. The first-order valence-corrected chi connectivity index (χ1v) is 7.78. The Bertz CT molecular complexity index is 680. The summed E-state index contributed by atoms with van der Waals surface area (Å²) in [5, 5.41) is 10.1. The van der Waals surface area contributed by atoms with E-state index in [2.05, 4.69) is 0 Å². The van der Waals surface area contributed by atoms with Crippen LogP contribution in [0, 0.1) is 11.3 Å². The SMILES string of the molecule is COc1c(Cl)cc(Cl)cc1C(=O)N1C[C@@H]2COC[C@]2(C(=O)O)C1. The third-order valence-corrected chi connectivity index (χ3v) is 5.03. The molecule has 2 atom stereocenters. The van der Waals surface area contributed by atoms with Crippen LogP contribution in [0.3, 0.4) is 0 Å². The number of likely N-dealkylation sites (tertiary alicyclic amines) is 1. The molecule has 2 aliphatic rings. The number of methoxy groups -OCH3 is 1. The molecule has 2 saturated heterocycles. The molecule has 3 rings (SSSR count). The molecule has 1 aromatic rings. The Balaban J connectivity index is 1.93. The predicted octanol–water partition coefficient (Wildman–Crippen LogP) is 2.18. The third kappa shape index (κ3) is 2.55. The normalized spacial score (nSPS) is 26.2. The van der Waals surface area contributed by atoms with Crippen LogP contribution in [-0.4, -0.2) is 55.3 Å². The highest BCUT2D eigenvalue weighted by Gasteiger charge is 2.57. The monoisotopic (exact) mass is 359 g/mol. The van der Waals surface area contributed by atoms with Gasteiger partial charge in [0.15, 0.2) is 0 Å². The van der Waals surface area contributed by atoms with Gasteiger partial charge in [-0.15, -0.1) is 0 Å². The maximum Gasteiger partial charge on any atom is 0.314 e. The van der Waals surface area contributed by atoms with Crippen molar-refractivity contribution in [2.45, 2.75) is 0 Å². The summed E-state index contributed by atoms with van der Waals surface area (Å²) in [6, 6.07) is 2.97. The van der Waals surface area contributed by atoms with Crippen LogP contribution in [0.1, 0.15) is 10.4 Å². The van der Waals surface area contributed by atoms with Crippen LogP contribution in [0.2, 0.25) is 10.0 Å². The van der Waals surface area contributed by atoms with Crippen LogP contribution in [0.4, 0.5) is 0 Å². The van der Waals surface area contributed by atoms with Crippen LogP contribution in [0.25, 0.3) is 0 Å². The Morgan fingerprint density at radius 3 is 2.78 bits per heavy atom. The smallest absolute Gasteiger partial charge is 0.314 e. The molecule has 1 N–H and O–H groups in total. The first-order valence-electron chi connectivity index (χ1n) is 7.02. The number of ether oxygens (including phenoxy) is 2. The summed E-state index contributed by atoms with van der Waals surface area (Å²) in [5.41, 5.74) is -0.808.